The van der Waals surface area contributed by atoms with Crippen LogP contribution in [0.5, 0.6) is 0 Å². The lowest BCUT2D eigenvalue weighted by Crippen LogP contribution is -2.53. The molecule has 18 heteroatoms. The summed E-state index contributed by atoms with van der Waals surface area (Å²) < 4.78 is 169. The molecule has 3 aromatic rings. The van der Waals surface area contributed by atoms with Crippen LogP contribution in [0, 0.1) is 12.7 Å². The van der Waals surface area contributed by atoms with E-state index in [-0.39, 0.29) is 8.45 Å². The molecule has 0 unspecified atom stereocenters. The monoisotopic (exact) mass is 710 g/mol. The second-order valence-electron chi connectivity index (χ2n) is 9.34. The van der Waals surface area contributed by atoms with E-state index in [1.54, 1.807) is 11.6 Å². The first-order chi connectivity index (χ1) is 19.3. The number of fused-ring (bicyclic) bond motifs is 1. The molecule has 0 fully saturated rings. The molecule has 7 nitrogen and oxygen atoms in total. The highest BCUT2D eigenvalue weighted by Crippen LogP contribution is 2.47. The van der Waals surface area contributed by atoms with E-state index in [1.165, 1.54) is 12.1 Å². The second kappa shape index (κ2) is 11.1. The summed E-state index contributed by atoms with van der Waals surface area (Å²) in [6.07, 6.45) is -11.8. The molecule has 0 saturated carbocycles. The van der Waals surface area contributed by atoms with Gasteiger partial charge in [0, 0.05) is 28.3 Å². The molecule has 1 N–H and O–H groups in total. The van der Waals surface area contributed by atoms with Crippen LogP contribution in [0.15, 0.2) is 56.9 Å². The maximum Gasteiger partial charge on any atom is 0.418 e. The van der Waals surface area contributed by atoms with E-state index in [1.807, 2.05) is 0 Å². The van der Waals surface area contributed by atoms with Gasteiger partial charge in [-0.05, 0) is 49.6 Å². The third-order valence-corrected chi connectivity index (χ3v) is 10.5. The van der Waals surface area contributed by atoms with Crippen molar-refractivity contribution in [3.63, 3.8) is 0 Å². The highest BCUT2D eigenvalue weighted by Gasteiger charge is 2.60. The number of rotatable bonds is 8. The van der Waals surface area contributed by atoms with Crippen LogP contribution in [0.2, 0.25) is 0 Å². The van der Waals surface area contributed by atoms with E-state index < -0.39 is 102 Å². The van der Waals surface area contributed by atoms with Gasteiger partial charge in [-0.25, -0.2) is 34.0 Å². The Morgan fingerprint density at radius 1 is 1.05 bits per heavy atom. The van der Waals surface area contributed by atoms with Gasteiger partial charge in [0.05, 0.1) is 10.6 Å². The van der Waals surface area contributed by atoms with Crippen LogP contribution in [0.25, 0.3) is 0 Å². The molecule has 4 rings (SSSR count). The van der Waals surface area contributed by atoms with E-state index >= 15 is 0 Å². The van der Waals surface area contributed by atoms with Gasteiger partial charge in [0.15, 0.2) is 5.60 Å². The summed E-state index contributed by atoms with van der Waals surface area (Å²) in [4.78, 5) is -1.40. The van der Waals surface area contributed by atoms with Gasteiger partial charge in [0.1, 0.15) is 10.7 Å². The first kappa shape index (κ1) is 32.2. The number of nitrogens with zero attached hydrogens (tertiary/aromatic N) is 1. The number of nitrogens with one attached hydrogen (secondary N) is 1. The van der Waals surface area contributed by atoms with Crippen LogP contribution in [-0.4, -0.2) is 39.2 Å². The molecule has 1 atom stereocenters. The van der Waals surface area contributed by atoms with Crippen molar-refractivity contribution in [2.45, 2.75) is 60.8 Å². The van der Waals surface area contributed by atoms with Gasteiger partial charge < -0.3 is 4.74 Å². The van der Waals surface area contributed by atoms with Crippen molar-refractivity contribution in [1.29, 1.82) is 0 Å². The minimum Gasteiger partial charge on any atom is -0.306 e. The topological polar surface area (TPSA) is 94.5 Å². The fourth-order valence-electron chi connectivity index (χ4n) is 4.54. The number of sulfonamides is 1. The van der Waals surface area contributed by atoms with Crippen molar-refractivity contribution in [2.24, 2.45) is 0 Å². The van der Waals surface area contributed by atoms with Crippen LogP contribution in [0.3, 0.4) is 0 Å². The third-order valence-electron chi connectivity index (χ3n) is 6.64. The predicted molar refractivity (Wildman–Crippen MR) is 136 cm³/mol. The Kier molecular flexibility index (Phi) is 8.51. The number of aryl methyl sites for hydroxylation is 1. The Hall–Kier alpha value is -2.70. The SMILES string of the molecule is Cc1ccc(S(=O)(=O)n2cc(S(=O)(=O)Nc3cc(C(F)F)c(Br)cc3F)c3c2C[C@](OC(F)F)(C(F)(F)F)CC3)cc1. The van der Waals surface area contributed by atoms with E-state index in [0.29, 0.717) is 23.9 Å². The average molecular weight is 711 g/mol. The van der Waals surface area contributed by atoms with Gasteiger partial charge in [0.25, 0.3) is 26.5 Å². The third kappa shape index (κ3) is 5.90. The van der Waals surface area contributed by atoms with Crippen molar-refractivity contribution in [1.82, 2.24) is 3.97 Å². The zero-order valence-electron chi connectivity index (χ0n) is 21.0. The molecule has 1 aliphatic rings. The van der Waals surface area contributed by atoms with Gasteiger partial charge in [-0.1, -0.05) is 33.6 Å². The maximum atomic E-state index is 14.6. The first-order valence-corrected chi connectivity index (χ1v) is 15.4. The van der Waals surface area contributed by atoms with Crippen molar-refractivity contribution in [3.05, 3.63) is 75.3 Å². The molecule has 0 bridgehead atoms. The Bertz CT molecular complexity index is 1730. The zero-order valence-corrected chi connectivity index (χ0v) is 24.2. The molecule has 230 valence electrons. The molecule has 0 aliphatic heterocycles. The van der Waals surface area contributed by atoms with Crippen molar-refractivity contribution >= 4 is 41.7 Å². The van der Waals surface area contributed by atoms with E-state index in [9.17, 15) is 52.0 Å². The maximum absolute atomic E-state index is 14.6. The Morgan fingerprint density at radius 3 is 2.21 bits per heavy atom. The molecule has 1 heterocycles. The summed E-state index contributed by atoms with van der Waals surface area (Å²) in [5.74, 6) is -1.31. The molecule has 1 aliphatic carbocycles. The highest BCUT2D eigenvalue weighted by atomic mass is 79.9. The Balaban J connectivity index is 1.93. The van der Waals surface area contributed by atoms with Crippen LogP contribution < -0.4 is 4.72 Å². The number of hydrogen-bond donors (Lipinski definition) is 1. The first-order valence-electron chi connectivity index (χ1n) is 11.7. The second-order valence-corrected chi connectivity index (χ2v) is 13.7. The molecule has 0 saturated heterocycles. The number of halogens is 9. The van der Waals surface area contributed by atoms with Crippen LogP contribution >= 0.6 is 15.9 Å². The lowest BCUT2D eigenvalue weighted by Gasteiger charge is -2.38. The molecule has 2 aromatic carbocycles. The van der Waals surface area contributed by atoms with E-state index in [0.717, 1.165) is 12.1 Å². The molecule has 42 heavy (non-hydrogen) atoms. The smallest absolute Gasteiger partial charge is 0.306 e. The fourth-order valence-corrected chi connectivity index (χ4v) is 7.85. The van der Waals surface area contributed by atoms with Gasteiger partial charge in [-0.15, -0.1) is 0 Å². The number of benzene rings is 2. The Morgan fingerprint density at radius 2 is 1.67 bits per heavy atom. The van der Waals surface area contributed by atoms with Gasteiger partial charge >= 0.3 is 12.8 Å². The van der Waals surface area contributed by atoms with Gasteiger partial charge in [-0.2, -0.15) is 22.0 Å². The largest absolute Gasteiger partial charge is 0.418 e. The number of hydrogen-bond acceptors (Lipinski definition) is 5. The molecule has 0 amide bonds. The molecule has 0 spiro atoms. The summed E-state index contributed by atoms with van der Waals surface area (Å²) in [7, 11) is -9.89. The summed E-state index contributed by atoms with van der Waals surface area (Å²) in [6, 6.07) is 5.96. The lowest BCUT2D eigenvalue weighted by molar-refractivity contribution is -0.330. The average Bonchev–Trinajstić information content (AvgIpc) is 3.25. The minimum atomic E-state index is -5.44. The summed E-state index contributed by atoms with van der Waals surface area (Å²) in [5.41, 5.74) is -6.04. The van der Waals surface area contributed by atoms with Crippen molar-refractivity contribution < 1.29 is 56.7 Å². The summed E-state index contributed by atoms with van der Waals surface area (Å²) in [6.45, 7) is -2.30. The number of aromatic nitrogens is 1. The van der Waals surface area contributed by atoms with Crippen molar-refractivity contribution in [3.8, 4) is 0 Å². The van der Waals surface area contributed by atoms with Crippen LogP contribution in [0.1, 0.15) is 35.2 Å². The highest BCUT2D eigenvalue weighted by molar-refractivity contribution is 9.10. The number of alkyl halides is 7. The molecule has 1 aromatic heterocycles. The Labute approximate surface area is 242 Å². The fraction of sp³-hybridized carbons (Fsp3) is 0.333. The van der Waals surface area contributed by atoms with Crippen LogP contribution in [0.4, 0.5) is 40.8 Å². The quantitative estimate of drug-likeness (QED) is 0.263. The zero-order chi connectivity index (χ0) is 31.4. The van der Waals surface area contributed by atoms with Crippen LogP contribution in [-0.2, 0) is 37.6 Å². The van der Waals surface area contributed by atoms with E-state index in [2.05, 4.69) is 20.7 Å². The number of ether oxygens (including phenoxy) is 1. The van der Waals surface area contributed by atoms with Gasteiger partial charge in [0.2, 0.25) is 0 Å². The predicted octanol–water partition coefficient (Wildman–Crippen LogP) is 6.70. The minimum absolute atomic E-state index is 0.221. The van der Waals surface area contributed by atoms with Crippen molar-refractivity contribution in [2.75, 3.05) is 4.72 Å². The number of anilines is 1. The van der Waals surface area contributed by atoms with Gasteiger partial charge in [-0.3, -0.25) is 4.72 Å². The molecular formula is C24H19BrF8N2O5S2. The molecule has 0 radical (unpaired) electrons. The summed E-state index contributed by atoms with van der Waals surface area (Å²) >= 11 is 2.73. The standard InChI is InChI=1S/C24H19BrF8N2O5S2/c1-12-2-4-13(5-3-12)42(38,39)35-11-20(14-6-7-23(10-19(14)35,24(31,32)33)40-22(29)30)41(36,37)34-18-8-15(21(27)28)16(25)9-17(18)26/h2-5,8-9,11,21-22,34H,6-7,10H2,1H3/t23-/m0/s1. The lowest BCUT2D eigenvalue weighted by atomic mass is 9.83. The molecular weight excluding hydrogens is 692 g/mol. The normalized spacial score (nSPS) is 18.0. The van der Waals surface area contributed by atoms with E-state index in [4.69, 9.17) is 0 Å². The summed E-state index contributed by atoms with van der Waals surface area (Å²) in [5, 5.41) is 0.